The van der Waals surface area contributed by atoms with E-state index in [-0.39, 0.29) is 29.2 Å². The second-order valence-electron chi connectivity index (χ2n) is 4.90. The molecule has 0 saturated heterocycles. The summed E-state index contributed by atoms with van der Waals surface area (Å²) in [6.45, 7) is -0.779. The molecule has 0 aliphatic carbocycles. The normalized spacial score (nSPS) is 10.0. The number of nitro benzene ring substituents is 1. The molecule has 0 bridgehead atoms. The molecule has 0 unspecified atom stereocenters. The zero-order chi connectivity index (χ0) is 19.1. The Balaban J connectivity index is 1.86. The number of carbonyl (C=O) groups is 3. The SMILES string of the molecule is COC(=O)c1ccoc1COC(=O)CNC(=O)c1cccc([N+](=O)[O-])c1. The van der Waals surface area contributed by atoms with Crippen LogP contribution in [0.1, 0.15) is 26.5 Å². The summed E-state index contributed by atoms with van der Waals surface area (Å²) >= 11 is 0. The summed E-state index contributed by atoms with van der Waals surface area (Å²) in [7, 11) is 1.20. The number of rotatable bonds is 7. The number of amides is 1. The Labute approximate surface area is 146 Å². The summed E-state index contributed by atoms with van der Waals surface area (Å²) in [4.78, 5) is 45.1. The number of furan rings is 1. The summed E-state index contributed by atoms with van der Waals surface area (Å²) in [5.41, 5.74) is -0.0830. The number of non-ortho nitro benzene ring substituents is 1. The number of carbonyl (C=O) groups excluding carboxylic acids is 3. The predicted octanol–water partition coefficient (Wildman–Crippen LogP) is 1.45. The first-order chi connectivity index (χ1) is 12.4. The minimum atomic E-state index is -0.781. The van der Waals surface area contributed by atoms with Crippen molar-refractivity contribution in [1.82, 2.24) is 5.32 Å². The molecule has 136 valence electrons. The second kappa shape index (κ2) is 8.42. The van der Waals surface area contributed by atoms with Gasteiger partial charge in [0, 0.05) is 17.7 Å². The highest BCUT2D eigenvalue weighted by Gasteiger charge is 2.17. The van der Waals surface area contributed by atoms with E-state index < -0.39 is 29.3 Å². The van der Waals surface area contributed by atoms with Crippen molar-refractivity contribution in [2.24, 2.45) is 0 Å². The van der Waals surface area contributed by atoms with Crippen LogP contribution in [0.3, 0.4) is 0 Å². The monoisotopic (exact) mass is 362 g/mol. The van der Waals surface area contributed by atoms with Crippen molar-refractivity contribution in [3.63, 3.8) is 0 Å². The fourth-order valence-corrected chi connectivity index (χ4v) is 1.96. The fourth-order valence-electron chi connectivity index (χ4n) is 1.96. The molecule has 1 aromatic carbocycles. The van der Waals surface area contributed by atoms with E-state index in [1.54, 1.807) is 0 Å². The van der Waals surface area contributed by atoms with Crippen LogP contribution >= 0.6 is 0 Å². The summed E-state index contributed by atoms with van der Waals surface area (Å²) < 4.78 is 14.5. The number of hydrogen-bond acceptors (Lipinski definition) is 8. The van der Waals surface area contributed by atoms with Crippen LogP contribution in [0.25, 0.3) is 0 Å². The van der Waals surface area contributed by atoms with Crippen LogP contribution in [-0.2, 0) is 20.9 Å². The van der Waals surface area contributed by atoms with Crippen molar-refractivity contribution in [3.05, 3.63) is 63.6 Å². The van der Waals surface area contributed by atoms with E-state index in [0.717, 1.165) is 6.07 Å². The van der Waals surface area contributed by atoms with Crippen molar-refractivity contribution in [1.29, 1.82) is 0 Å². The van der Waals surface area contributed by atoms with E-state index in [1.807, 2.05) is 0 Å². The number of benzene rings is 1. The van der Waals surface area contributed by atoms with E-state index in [0.29, 0.717) is 0 Å². The second-order valence-corrected chi connectivity index (χ2v) is 4.90. The van der Waals surface area contributed by atoms with Gasteiger partial charge >= 0.3 is 11.9 Å². The molecule has 2 aromatic rings. The average Bonchev–Trinajstić information content (AvgIpc) is 3.12. The maximum absolute atomic E-state index is 11.9. The van der Waals surface area contributed by atoms with Gasteiger partial charge in [0.1, 0.15) is 18.7 Å². The van der Waals surface area contributed by atoms with Gasteiger partial charge in [-0.15, -0.1) is 0 Å². The summed E-state index contributed by atoms with van der Waals surface area (Å²) in [5.74, 6) is -1.98. The third-order valence-corrected chi connectivity index (χ3v) is 3.23. The molecule has 0 radical (unpaired) electrons. The fraction of sp³-hybridized carbons (Fsp3) is 0.188. The molecule has 10 heteroatoms. The van der Waals surface area contributed by atoms with Crippen LogP contribution in [0, 0.1) is 10.1 Å². The van der Waals surface area contributed by atoms with Gasteiger partial charge in [-0.1, -0.05) is 6.07 Å². The molecule has 0 fully saturated rings. The van der Waals surface area contributed by atoms with Gasteiger partial charge in [0.05, 0.1) is 18.3 Å². The van der Waals surface area contributed by atoms with Crippen LogP contribution in [0.15, 0.2) is 41.0 Å². The molecule has 0 atom stereocenters. The molecule has 0 aliphatic rings. The number of methoxy groups -OCH3 is 1. The van der Waals surface area contributed by atoms with E-state index >= 15 is 0 Å². The van der Waals surface area contributed by atoms with E-state index in [4.69, 9.17) is 9.15 Å². The lowest BCUT2D eigenvalue weighted by Crippen LogP contribution is -2.30. The van der Waals surface area contributed by atoms with E-state index in [1.165, 1.54) is 37.6 Å². The minimum absolute atomic E-state index is 0.0333. The van der Waals surface area contributed by atoms with Gasteiger partial charge < -0.3 is 19.2 Å². The Morgan fingerprint density at radius 2 is 2.04 bits per heavy atom. The van der Waals surface area contributed by atoms with Crippen molar-refractivity contribution < 1.29 is 33.2 Å². The van der Waals surface area contributed by atoms with Crippen molar-refractivity contribution >= 4 is 23.5 Å². The molecule has 0 saturated carbocycles. The highest BCUT2D eigenvalue weighted by atomic mass is 16.6. The number of hydrogen-bond donors (Lipinski definition) is 1. The zero-order valence-electron chi connectivity index (χ0n) is 13.6. The molecule has 1 heterocycles. The lowest BCUT2D eigenvalue weighted by Gasteiger charge is -2.06. The Bertz CT molecular complexity index is 842. The molecular formula is C16H14N2O8. The maximum Gasteiger partial charge on any atom is 0.341 e. The Morgan fingerprint density at radius 3 is 2.73 bits per heavy atom. The van der Waals surface area contributed by atoms with Gasteiger partial charge in [-0.05, 0) is 12.1 Å². The highest BCUT2D eigenvalue weighted by Crippen LogP contribution is 2.14. The summed E-state index contributed by atoms with van der Waals surface area (Å²) in [6, 6.07) is 6.44. The zero-order valence-corrected chi connectivity index (χ0v) is 13.6. The van der Waals surface area contributed by atoms with E-state index in [2.05, 4.69) is 10.1 Å². The van der Waals surface area contributed by atoms with Gasteiger partial charge in [-0.3, -0.25) is 19.7 Å². The topological polar surface area (TPSA) is 138 Å². The third kappa shape index (κ3) is 4.66. The minimum Gasteiger partial charge on any atom is -0.465 e. The number of ether oxygens (including phenoxy) is 2. The lowest BCUT2D eigenvalue weighted by molar-refractivity contribution is -0.384. The molecule has 26 heavy (non-hydrogen) atoms. The predicted molar refractivity (Wildman–Crippen MR) is 85.3 cm³/mol. The average molecular weight is 362 g/mol. The summed E-state index contributed by atoms with van der Waals surface area (Å²) in [6.07, 6.45) is 1.25. The summed E-state index contributed by atoms with van der Waals surface area (Å²) in [5, 5.41) is 13.0. The molecule has 1 amide bonds. The first-order valence-corrected chi connectivity index (χ1v) is 7.25. The molecule has 0 aliphatic heterocycles. The Kier molecular flexibility index (Phi) is 6.04. The van der Waals surface area contributed by atoms with Crippen molar-refractivity contribution in [2.45, 2.75) is 6.61 Å². The van der Waals surface area contributed by atoms with Gasteiger partial charge in [-0.25, -0.2) is 4.79 Å². The van der Waals surface area contributed by atoms with Gasteiger partial charge in [0.15, 0.2) is 5.76 Å². The highest BCUT2D eigenvalue weighted by molar-refractivity contribution is 5.96. The Morgan fingerprint density at radius 1 is 1.27 bits per heavy atom. The lowest BCUT2D eigenvalue weighted by atomic mass is 10.2. The molecule has 2 rings (SSSR count). The first-order valence-electron chi connectivity index (χ1n) is 7.25. The standard InChI is InChI=1S/C16H14N2O8/c1-24-16(21)12-5-6-25-13(12)9-26-14(19)8-17-15(20)10-3-2-4-11(7-10)18(22)23/h2-7H,8-9H2,1H3,(H,17,20). The van der Waals surface area contributed by atoms with Crippen LogP contribution in [0.4, 0.5) is 5.69 Å². The molecular weight excluding hydrogens is 348 g/mol. The van der Waals surface area contributed by atoms with Crippen LogP contribution in [-0.4, -0.2) is 36.4 Å². The van der Waals surface area contributed by atoms with Gasteiger partial charge in [0.25, 0.3) is 11.6 Å². The largest absolute Gasteiger partial charge is 0.465 e. The quantitative estimate of drug-likeness (QED) is 0.444. The number of nitro groups is 1. The molecule has 1 aromatic heterocycles. The first kappa shape index (κ1) is 18.6. The van der Waals surface area contributed by atoms with Gasteiger partial charge in [0.2, 0.25) is 0 Å². The van der Waals surface area contributed by atoms with Gasteiger partial charge in [-0.2, -0.15) is 0 Å². The molecule has 0 spiro atoms. The molecule has 1 N–H and O–H groups in total. The van der Waals surface area contributed by atoms with Crippen LogP contribution in [0.5, 0.6) is 0 Å². The maximum atomic E-state index is 11.9. The number of esters is 2. The Hall–Kier alpha value is -3.69. The van der Waals surface area contributed by atoms with E-state index in [9.17, 15) is 24.5 Å². The van der Waals surface area contributed by atoms with Crippen molar-refractivity contribution in [3.8, 4) is 0 Å². The molecule has 10 nitrogen and oxygen atoms in total. The smallest absolute Gasteiger partial charge is 0.341 e. The third-order valence-electron chi connectivity index (χ3n) is 3.23. The number of nitrogens with one attached hydrogen (secondary N) is 1. The van der Waals surface area contributed by atoms with Crippen LogP contribution in [0.2, 0.25) is 0 Å². The van der Waals surface area contributed by atoms with Crippen molar-refractivity contribution in [2.75, 3.05) is 13.7 Å². The van der Waals surface area contributed by atoms with Crippen LogP contribution < -0.4 is 5.32 Å². The number of nitrogens with zero attached hydrogens (tertiary/aromatic N) is 1.